The molecule has 0 aromatic rings. The third-order valence-corrected chi connectivity index (χ3v) is 11.1. The van der Waals surface area contributed by atoms with Crippen molar-refractivity contribution in [1.29, 1.82) is 0 Å². The number of carbonyl (C=O) groups is 7. The van der Waals surface area contributed by atoms with Crippen LogP contribution in [0.3, 0.4) is 0 Å². The molecule has 0 atom stereocenters. The number of nitrogens with one attached hydrogen (secondary N) is 1. The van der Waals surface area contributed by atoms with Gasteiger partial charge >= 0.3 is 48.0 Å². The molecule has 0 aliphatic heterocycles. The van der Waals surface area contributed by atoms with Crippen molar-refractivity contribution in [3.05, 3.63) is 0 Å². The Morgan fingerprint density at radius 2 is 0.614 bits per heavy atom. The standard InChI is InChI=1S/C50H91NO12.C2HF3O2/c1-5-9-13-17-21-25-29-45(52)60-39-43(40-61-46(53)30-26-22-18-14-10-6-2)37-49(56)58-35-33-51-34-36-59-50(57)38-44(41-62-47(54)31-27-23-19-15-11-7-3)42-63-48(55)32-28-24-20-16-12-8-4;3-2(4,5)1(6)7/h43-44,51H,5-42H2,1-4H3;(H,6,7). The van der Waals surface area contributed by atoms with Gasteiger partial charge in [0.15, 0.2) is 0 Å². The average molecular weight is 1010 g/mol. The van der Waals surface area contributed by atoms with Gasteiger partial charge in [-0.05, 0) is 25.7 Å². The van der Waals surface area contributed by atoms with Crippen molar-refractivity contribution in [1.82, 2.24) is 5.32 Å². The number of esters is 6. The highest BCUT2D eigenvalue weighted by atomic mass is 19.4. The van der Waals surface area contributed by atoms with E-state index in [-0.39, 0.29) is 76.4 Å². The molecule has 2 N–H and O–H groups in total. The lowest BCUT2D eigenvalue weighted by Gasteiger charge is -2.17. The Kier molecular flexibility index (Phi) is 47.3. The Labute approximate surface area is 417 Å². The van der Waals surface area contributed by atoms with E-state index in [9.17, 15) is 41.9 Å². The van der Waals surface area contributed by atoms with Gasteiger partial charge in [0.05, 0.1) is 39.3 Å². The molecule has 0 bridgehead atoms. The fourth-order valence-corrected chi connectivity index (χ4v) is 6.85. The van der Waals surface area contributed by atoms with E-state index in [0.717, 1.165) is 128 Å². The van der Waals surface area contributed by atoms with Crippen LogP contribution in [0, 0.1) is 11.8 Å². The number of hydrogen-bond acceptors (Lipinski definition) is 14. The number of carbonyl (C=O) groups excluding carboxylic acids is 6. The van der Waals surface area contributed by atoms with Crippen molar-refractivity contribution >= 4 is 41.8 Å². The quantitative estimate of drug-likeness (QED) is 0.0330. The first-order chi connectivity index (χ1) is 33.6. The zero-order valence-corrected chi connectivity index (χ0v) is 43.4. The number of ether oxygens (including phenoxy) is 6. The summed E-state index contributed by atoms with van der Waals surface area (Å²) in [6, 6.07) is 0. The highest BCUT2D eigenvalue weighted by Crippen LogP contribution is 2.16. The lowest BCUT2D eigenvalue weighted by Crippen LogP contribution is -2.28. The maximum Gasteiger partial charge on any atom is 0.490 e. The molecule has 0 fully saturated rings. The predicted molar refractivity (Wildman–Crippen MR) is 261 cm³/mol. The summed E-state index contributed by atoms with van der Waals surface area (Å²) >= 11 is 0. The smallest absolute Gasteiger partial charge is 0.475 e. The number of unbranched alkanes of at least 4 members (excludes halogenated alkanes) is 20. The third kappa shape index (κ3) is 49.0. The fourth-order valence-electron chi connectivity index (χ4n) is 6.85. The second-order valence-electron chi connectivity index (χ2n) is 17.9. The van der Waals surface area contributed by atoms with E-state index >= 15 is 0 Å². The molecule has 15 nitrogen and oxygen atoms in total. The topological polar surface area (TPSA) is 207 Å². The van der Waals surface area contributed by atoms with Crippen LogP contribution in [0.5, 0.6) is 0 Å². The van der Waals surface area contributed by atoms with E-state index in [1.807, 2.05) is 0 Å². The van der Waals surface area contributed by atoms with Crippen LogP contribution in [0.2, 0.25) is 0 Å². The van der Waals surface area contributed by atoms with E-state index < -0.39 is 35.9 Å². The SMILES string of the molecule is CCCCCCCCC(=O)OCC(COC(=O)CCCCCCCC)CC(=O)OCCNCCOC(=O)CC(COC(=O)CCCCCCCC)COC(=O)CCCCCCCC.O=C(O)C(F)(F)F. The van der Waals surface area contributed by atoms with Crippen LogP contribution < -0.4 is 5.32 Å². The molecule has 0 amide bonds. The summed E-state index contributed by atoms with van der Waals surface area (Å²) in [4.78, 5) is 84.0. The second-order valence-corrected chi connectivity index (χ2v) is 17.9. The Morgan fingerprint density at radius 3 is 0.843 bits per heavy atom. The molecule has 0 aromatic carbocycles. The molecule has 0 rings (SSSR count). The van der Waals surface area contributed by atoms with Gasteiger partial charge in [0, 0.05) is 50.6 Å². The normalized spacial score (nSPS) is 11.2. The maximum absolute atomic E-state index is 12.7. The van der Waals surface area contributed by atoms with Crippen LogP contribution in [0.4, 0.5) is 13.2 Å². The highest BCUT2D eigenvalue weighted by molar-refractivity contribution is 5.73. The summed E-state index contributed by atoms with van der Waals surface area (Å²) < 4.78 is 64.5. The number of carboxylic acid groups (broad SMARTS) is 1. The molecule has 0 saturated carbocycles. The van der Waals surface area contributed by atoms with Crippen molar-refractivity contribution in [2.75, 3.05) is 52.7 Å². The summed E-state index contributed by atoms with van der Waals surface area (Å²) in [5.74, 6) is -6.12. The van der Waals surface area contributed by atoms with Gasteiger partial charge in [0.25, 0.3) is 0 Å². The van der Waals surface area contributed by atoms with Crippen molar-refractivity contribution in [3.8, 4) is 0 Å². The van der Waals surface area contributed by atoms with Crippen molar-refractivity contribution in [2.24, 2.45) is 11.8 Å². The lowest BCUT2D eigenvalue weighted by atomic mass is 10.1. The first kappa shape index (κ1) is 68.1. The van der Waals surface area contributed by atoms with Crippen molar-refractivity contribution in [2.45, 2.75) is 226 Å². The molecular weight excluding hydrogens is 920 g/mol. The zero-order chi connectivity index (χ0) is 52.5. The molecular formula is C52H92F3NO14. The Morgan fingerprint density at radius 1 is 0.386 bits per heavy atom. The Bertz CT molecular complexity index is 1200. The molecule has 0 saturated heterocycles. The lowest BCUT2D eigenvalue weighted by molar-refractivity contribution is -0.192. The largest absolute Gasteiger partial charge is 0.490 e. The molecule has 70 heavy (non-hydrogen) atoms. The molecule has 0 aliphatic carbocycles. The van der Waals surface area contributed by atoms with Crippen molar-refractivity contribution < 1.29 is 80.3 Å². The van der Waals surface area contributed by atoms with Gasteiger partial charge < -0.3 is 38.8 Å². The average Bonchev–Trinajstić information content (AvgIpc) is 3.32. The van der Waals surface area contributed by atoms with Gasteiger partial charge in [-0.15, -0.1) is 0 Å². The van der Waals surface area contributed by atoms with Gasteiger partial charge in [-0.1, -0.05) is 156 Å². The molecule has 0 aromatic heterocycles. The molecule has 0 aliphatic rings. The van der Waals surface area contributed by atoms with Crippen LogP contribution in [0.15, 0.2) is 0 Å². The number of rotatable bonds is 46. The van der Waals surface area contributed by atoms with Crippen molar-refractivity contribution in [3.63, 3.8) is 0 Å². The predicted octanol–water partition coefficient (Wildman–Crippen LogP) is 11.5. The first-order valence-electron chi connectivity index (χ1n) is 26.5. The van der Waals surface area contributed by atoms with Gasteiger partial charge in [-0.2, -0.15) is 13.2 Å². The minimum atomic E-state index is -5.08. The van der Waals surface area contributed by atoms with E-state index in [0.29, 0.717) is 38.8 Å². The van der Waals surface area contributed by atoms with Gasteiger partial charge in [-0.3, -0.25) is 28.8 Å². The van der Waals surface area contributed by atoms with Crippen LogP contribution in [-0.4, -0.2) is 106 Å². The molecule has 410 valence electrons. The van der Waals surface area contributed by atoms with Gasteiger partial charge in [0.1, 0.15) is 13.2 Å². The first-order valence-corrected chi connectivity index (χ1v) is 26.5. The minimum Gasteiger partial charge on any atom is -0.475 e. The van der Waals surface area contributed by atoms with Crippen LogP contribution in [-0.2, 0) is 62.0 Å². The van der Waals surface area contributed by atoms with E-state index in [2.05, 4.69) is 33.0 Å². The molecule has 0 spiro atoms. The number of halogens is 3. The molecule has 0 heterocycles. The molecule has 0 radical (unpaired) electrons. The third-order valence-electron chi connectivity index (χ3n) is 11.1. The molecule has 0 unspecified atom stereocenters. The van der Waals surface area contributed by atoms with Gasteiger partial charge in [0.2, 0.25) is 0 Å². The number of carboxylic acids is 1. The van der Waals surface area contributed by atoms with Crippen LogP contribution >= 0.6 is 0 Å². The summed E-state index contributed by atoms with van der Waals surface area (Å²) in [6.45, 7) is 9.22. The number of hydrogen-bond donors (Lipinski definition) is 2. The number of alkyl halides is 3. The summed E-state index contributed by atoms with van der Waals surface area (Å²) in [7, 11) is 0. The minimum absolute atomic E-state index is 0.0399. The summed E-state index contributed by atoms with van der Waals surface area (Å²) in [5, 5.41) is 10.2. The Balaban J connectivity index is 0. The summed E-state index contributed by atoms with van der Waals surface area (Å²) in [5.41, 5.74) is 0. The van der Waals surface area contributed by atoms with Crippen LogP contribution in [0.25, 0.3) is 0 Å². The molecule has 18 heteroatoms. The van der Waals surface area contributed by atoms with E-state index in [4.69, 9.17) is 38.3 Å². The Hall–Kier alpha value is -3.96. The highest BCUT2D eigenvalue weighted by Gasteiger charge is 2.38. The van der Waals surface area contributed by atoms with Crippen LogP contribution in [0.1, 0.15) is 220 Å². The van der Waals surface area contributed by atoms with Gasteiger partial charge in [-0.25, -0.2) is 4.79 Å². The zero-order valence-electron chi connectivity index (χ0n) is 43.4. The van der Waals surface area contributed by atoms with E-state index in [1.54, 1.807) is 0 Å². The van der Waals surface area contributed by atoms with E-state index in [1.165, 1.54) is 25.7 Å². The maximum atomic E-state index is 12.7. The summed E-state index contributed by atoms with van der Waals surface area (Å²) in [6.07, 6.45) is 21.3. The monoisotopic (exact) mass is 1010 g/mol. The fraction of sp³-hybridized carbons (Fsp3) is 0.865. The second kappa shape index (κ2) is 48.7. The number of aliphatic carboxylic acids is 1.